The predicted molar refractivity (Wildman–Crippen MR) is 42.8 cm³/mol. The van der Waals surface area contributed by atoms with Crippen LogP contribution in [0.5, 0.6) is 0 Å². The quantitative estimate of drug-likeness (QED) is 0.292. The summed E-state index contributed by atoms with van der Waals surface area (Å²) in [5.41, 5.74) is 0. The van der Waals surface area contributed by atoms with Crippen LogP contribution in [0, 0.1) is 0 Å². The van der Waals surface area contributed by atoms with Crippen LogP contribution >= 0.6 is 24.4 Å². The van der Waals surface area contributed by atoms with Gasteiger partial charge in [-0.15, -0.1) is 0 Å². The van der Waals surface area contributed by atoms with Gasteiger partial charge >= 0.3 is 17.1 Å². The van der Waals surface area contributed by atoms with E-state index in [2.05, 4.69) is 24.4 Å². The second kappa shape index (κ2) is 144. The number of rotatable bonds is 0. The van der Waals surface area contributed by atoms with E-state index in [4.69, 9.17) is 10.8 Å². The summed E-state index contributed by atoms with van der Waals surface area (Å²) in [6.07, 6.45) is 0. The fourth-order valence-corrected chi connectivity index (χ4v) is 0. The molecule has 0 amide bonds. The van der Waals surface area contributed by atoms with Crippen molar-refractivity contribution in [3.8, 4) is 0 Å². The Balaban J connectivity index is -0.00000000571. The maximum Gasteiger partial charge on any atom is 2.00 e. The van der Waals surface area contributed by atoms with Gasteiger partial charge in [0, 0.05) is 0 Å². The molecule has 10 heavy (non-hydrogen) atoms. The van der Waals surface area contributed by atoms with Crippen LogP contribution in [-0.4, -0.2) is 26.8 Å². The van der Waals surface area contributed by atoms with E-state index in [0.717, 1.165) is 0 Å². The van der Waals surface area contributed by atoms with Gasteiger partial charge in [0.05, 0.1) is 0 Å². The van der Waals surface area contributed by atoms with Crippen LogP contribution in [0.25, 0.3) is 10.8 Å². The maximum atomic E-state index is 7.13. The van der Waals surface area contributed by atoms with Crippen LogP contribution in [-0.2, 0) is 17.1 Å². The fraction of sp³-hybridized carbons (Fsp3) is 0. The Bertz CT molecular complexity index is 76.5. The van der Waals surface area contributed by atoms with Gasteiger partial charge in [-0.3, -0.25) is 0 Å². The fourth-order valence-electron chi connectivity index (χ4n) is 0. The second-order valence-corrected chi connectivity index (χ2v) is 0.548. The molecule has 0 saturated heterocycles. The molecule has 0 rings (SSSR count). The first-order chi connectivity index (χ1) is 2.83. The SMILES string of the molecule is O.O.O.[Fe+2].[N-]=C=S.[N-]=C=S. The molecule has 0 atom stereocenters. The van der Waals surface area contributed by atoms with Gasteiger partial charge in [-0.1, -0.05) is 24.4 Å². The van der Waals surface area contributed by atoms with Crippen molar-refractivity contribution >= 4 is 34.8 Å². The molecule has 0 aliphatic carbocycles. The third-order valence-electron chi connectivity index (χ3n) is 0. The van der Waals surface area contributed by atoms with Crippen molar-refractivity contribution in [1.29, 1.82) is 0 Å². The zero-order valence-corrected chi connectivity index (χ0v) is 7.30. The molecular formula is C2H6FeN2O3S2. The summed E-state index contributed by atoms with van der Waals surface area (Å²) >= 11 is 7.40. The summed E-state index contributed by atoms with van der Waals surface area (Å²) in [5.74, 6) is 0. The zero-order chi connectivity index (χ0) is 5.41. The van der Waals surface area contributed by atoms with Crippen molar-refractivity contribution in [2.45, 2.75) is 0 Å². The molecule has 6 N–H and O–H groups in total. The van der Waals surface area contributed by atoms with Crippen molar-refractivity contribution in [3.05, 3.63) is 10.8 Å². The molecule has 0 aromatic carbocycles. The topological polar surface area (TPSA) is 139 Å². The van der Waals surface area contributed by atoms with Crippen LogP contribution in [0.4, 0.5) is 0 Å². The summed E-state index contributed by atoms with van der Waals surface area (Å²) in [7, 11) is 0. The molecule has 0 spiro atoms. The number of hydrogen-bond acceptors (Lipinski definition) is 2. The van der Waals surface area contributed by atoms with Crippen LogP contribution in [0.3, 0.4) is 0 Å². The van der Waals surface area contributed by atoms with E-state index in [9.17, 15) is 0 Å². The summed E-state index contributed by atoms with van der Waals surface area (Å²) < 4.78 is 0. The van der Waals surface area contributed by atoms with Gasteiger partial charge in [-0.25, -0.2) is 0 Å². The van der Waals surface area contributed by atoms with Gasteiger partial charge < -0.3 is 27.2 Å². The van der Waals surface area contributed by atoms with Gasteiger partial charge in [-0.2, -0.15) is 10.3 Å². The molecule has 0 heterocycles. The van der Waals surface area contributed by atoms with Gasteiger partial charge in [0.1, 0.15) is 0 Å². The van der Waals surface area contributed by atoms with E-state index < -0.39 is 0 Å². The summed E-state index contributed by atoms with van der Waals surface area (Å²) in [6.45, 7) is 0. The Morgan fingerprint density at radius 3 is 0.800 bits per heavy atom. The van der Waals surface area contributed by atoms with E-state index in [-0.39, 0.29) is 33.5 Å². The number of thiocarbonyl (C=S) groups is 2. The smallest absolute Gasteiger partial charge is 0.753 e. The largest absolute Gasteiger partial charge is 2.00 e. The minimum absolute atomic E-state index is 0. The Labute approximate surface area is 79.2 Å². The van der Waals surface area contributed by atoms with Crippen LogP contribution < -0.4 is 0 Å². The Hall–Kier alpha value is -0.000519. The van der Waals surface area contributed by atoms with Crippen molar-refractivity contribution in [2.75, 3.05) is 0 Å². The molecule has 0 aromatic rings. The molecular weight excluding hydrogens is 220 g/mol. The van der Waals surface area contributed by atoms with Crippen molar-refractivity contribution in [2.24, 2.45) is 0 Å². The van der Waals surface area contributed by atoms with Gasteiger partial charge in [0.25, 0.3) is 0 Å². The molecule has 0 aliphatic heterocycles. The van der Waals surface area contributed by atoms with Gasteiger partial charge in [0.15, 0.2) is 0 Å². The Morgan fingerprint density at radius 1 is 0.800 bits per heavy atom. The van der Waals surface area contributed by atoms with E-state index in [1.165, 1.54) is 10.3 Å². The van der Waals surface area contributed by atoms with Crippen LogP contribution in [0.2, 0.25) is 0 Å². The molecule has 8 heteroatoms. The number of hydrogen-bond donors (Lipinski definition) is 0. The standard InChI is InChI=1S/2CNS.Fe.3H2O/c2*2-1-3;;;;/h;;;3*1H2/q2*-1;+2;;;. The third-order valence-corrected chi connectivity index (χ3v) is 0. The molecule has 0 radical (unpaired) electrons. The van der Waals surface area contributed by atoms with Crippen molar-refractivity contribution in [1.82, 2.24) is 0 Å². The number of isothiocyanates is 2. The van der Waals surface area contributed by atoms with Crippen molar-refractivity contribution in [3.63, 3.8) is 0 Å². The Kier molecular flexibility index (Phi) is 729. The third kappa shape index (κ3) is 1450000000. The van der Waals surface area contributed by atoms with E-state index in [1.54, 1.807) is 0 Å². The van der Waals surface area contributed by atoms with E-state index in [1.807, 2.05) is 0 Å². The van der Waals surface area contributed by atoms with Crippen LogP contribution in [0.1, 0.15) is 0 Å². The minimum atomic E-state index is 0. The first-order valence-electron chi connectivity index (χ1n) is 0.855. The first-order valence-corrected chi connectivity index (χ1v) is 1.67. The molecule has 0 fully saturated rings. The molecule has 5 nitrogen and oxygen atoms in total. The summed E-state index contributed by atoms with van der Waals surface area (Å²) in [6, 6.07) is 0. The average molecular weight is 226 g/mol. The second-order valence-electron chi connectivity index (χ2n) is 0.183. The summed E-state index contributed by atoms with van der Waals surface area (Å²) in [5, 5.41) is 16.9. The minimum Gasteiger partial charge on any atom is -0.753 e. The monoisotopic (exact) mass is 226 g/mol. The molecule has 0 unspecified atom stereocenters. The van der Waals surface area contributed by atoms with E-state index in [0.29, 0.717) is 0 Å². The first kappa shape index (κ1) is 50.6. The molecule has 0 bridgehead atoms. The normalized spacial score (nSPS) is 1.60. The van der Waals surface area contributed by atoms with Gasteiger partial charge in [-0.05, 0) is 0 Å². The molecule has 0 aliphatic rings. The summed E-state index contributed by atoms with van der Waals surface area (Å²) in [4.78, 5) is 0. The maximum absolute atomic E-state index is 7.13. The predicted octanol–water partition coefficient (Wildman–Crippen LogP) is -1.16. The zero-order valence-electron chi connectivity index (χ0n) is 4.56. The van der Waals surface area contributed by atoms with Crippen molar-refractivity contribution < 1.29 is 33.5 Å². The van der Waals surface area contributed by atoms with E-state index >= 15 is 0 Å². The molecule has 0 saturated carbocycles. The van der Waals surface area contributed by atoms with Crippen LogP contribution in [0.15, 0.2) is 0 Å². The number of nitrogens with zero attached hydrogens (tertiary/aromatic N) is 2. The van der Waals surface area contributed by atoms with Gasteiger partial charge in [0.2, 0.25) is 0 Å². The average Bonchev–Trinajstić information content (AvgIpc) is 1.39. The Morgan fingerprint density at radius 2 is 0.800 bits per heavy atom. The molecule has 62 valence electrons. The molecule has 0 aromatic heterocycles.